The molecule has 2 aliphatic rings. The van der Waals surface area contributed by atoms with Crippen molar-refractivity contribution in [3.05, 3.63) is 35.9 Å². The van der Waals surface area contributed by atoms with Crippen molar-refractivity contribution in [3.8, 4) is 0 Å². The van der Waals surface area contributed by atoms with Gasteiger partial charge < -0.3 is 20.0 Å². The summed E-state index contributed by atoms with van der Waals surface area (Å²) in [4.78, 5) is 30.5. The second-order valence-electron chi connectivity index (χ2n) is 7.12. The normalized spacial score (nSPS) is 22.6. The molecule has 2 saturated heterocycles. The van der Waals surface area contributed by atoms with Crippen molar-refractivity contribution < 1.29 is 9.59 Å². The number of benzene rings is 1. The maximum atomic E-state index is 13.0. The molecule has 2 heterocycles. The van der Waals surface area contributed by atoms with Crippen molar-refractivity contribution in [2.75, 3.05) is 40.3 Å². The first-order valence-corrected chi connectivity index (χ1v) is 9.12. The molecule has 3 rings (SSSR count). The zero-order valence-electron chi connectivity index (χ0n) is 15.1. The van der Waals surface area contributed by atoms with Gasteiger partial charge in [0, 0.05) is 20.6 Å². The van der Waals surface area contributed by atoms with Gasteiger partial charge in [0.2, 0.25) is 5.91 Å². The van der Waals surface area contributed by atoms with Crippen LogP contribution in [0.3, 0.4) is 0 Å². The van der Waals surface area contributed by atoms with E-state index in [0.29, 0.717) is 6.54 Å². The molecule has 136 valence electrons. The molecule has 0 spiro atoms. The summed E-state index contributed by atoms with van der Waals surface area (Å²) in [6.07, 6.45) is 3.74. The van der Waals surface area contributed by atoms with Crippen molar-refractivity contribution in [1.82, 2.24) is 20.0 Å². The topological polar surface area (TPSA) is 55.9 Å². The molecular weight excluding hydrogens is 316 g/mol. The minimum atomic E-state index is -0.463. The molecule has 2 aliphatic heterocycles. The van der Waals surface area contributed by atoms with Crippen molar-refractivity contribution in [2.24, 2.45) is 0 Å². The van der Waals surface area contributed by atoms with Gasteiger partial charge in [-0.2, -0.15) is 0 Å². The number of nitrogens with one attached hydrogen (secondary N) is 1. The minimum absolute atomic E-state index is 0.00499. The van der Waals surface area contributed by atoms with E-state index in [1.54, 1.807) is 11.9 Å². The molecule has 1 unspecified atom stereocenters. The van der Waals surface area contributed by atoms with Crippen molar-refractivity contribution in [2.45, 2.75) is 31.3 Å². The van der Waals surface area contributed by atoms with Gasteiger partial charge in [0.05, 0.1) is 12.6 Å². The number of likely N-dealkylation sites (tertiary alicyclic amines) is 1. The van der Waals surface area contributed by atoms with E-state index in [0.717, 1.165) is 25.2 Å². The van der Waals surface area contributed by atoms with Crippen LogP contribution in [0, 0.1) is 0 Å². The van der Waals surface area contributed by atoms with Gasteiger partial charge in [-0.15, -0.1) is 0 Å². The minimum Gasteiger partial charge on any atom is -0.336 e. The van der Waals surface area contributed by atoms with Crippen LogP contribution in [0.15, 0.2) is 30.3 Å². The SMILES string of the molecule is CN1CC(C(=O)N(C)[C@@H](CN2CCCCC2)c2ccccc2)NC1=O. The Morgan fingerprint density at radius 2 is 1.92 bits per heavy atom. The van der Waals surface area contributed by atoms with Crippen LogP contribution < -0.4 is 5.32 Å². The average Bonchev–Trinajstić information content (AvgIpc) is 2.99. The second-order valence-corrected chi connectivity index (χ2v) is 7.12. The number of piperidine rings is 1. The van der Waals surface area contributed by atoms with E-state index in [-0.39, 0.29) is 18.0 Å². The fourth-order valence-corrected chi connectivity index (χ4v) is 3.71. The molecule has 6 heteroatoms. The maximum Gasteiger partial charge on any atom is 0.317 e. The lowest BCUT2D eigenvalue weighted by Gasteiger charge is -2.36. The number of rotatable bonds is 5. The molecule has 2 atom stereocenters. The fourth-order valence-electron chi connectivity index (χ4n) is 3.71. The van der Waals surface area contributed by atoms with Crippen LogP contribution >= 0.6 is 0 Å². The second kappa shape index (κ2) is 7.87. The zero-order valence-corrected chi connectivity index (χ0v) is 15.1. The first kappa shape index (κ1) is 17.7. The highest BCUT2D eigenvalue weighted by atomic mass is 16.2. The largest absolute Gasteiger partial charge is 0.336 e. The van der Waals surface area contributed by atoms with Gasteiger partial charge in [0.25, 0.3) is 0 Å². The smallest absolute Gasteiger partial charge is 0.317 e. The van der Waals surface area contributed by atoms with Crippen LogP contribution in [-0.4, -0.2) is 73.0 Å². The number of likely N-dealkylation sites (N-methyl/N-ethyl adjacent to an activating group) is 2. The molecule has 0 aliphatic carbocycles. The summed E-state index contributed by atoms with van der Waals surface area (Å²) < 4.78 is 0. The number of hydrogen-bond donors (Lipinski definition) is 1. The van der Waals surface area contributed by atoms with Crippen LogP contribution in [0.25, 0.3) is 0 Å². The average molecular weight is 344 g/mol. The van der Waals surface area contributed by atoms with Crippen LogP contribution in [-0.2, 0) is 4.79 Å². The Labute approximate surface area is 149 Å². The van der Waals surface area contributed by atoms with Gasteiger partial charge in [-0.3, -0.25) is 4.79 Å². The third-order valence-electron chi connectivity index (χ3n) is 5.28. The van der Waals surface area contributed by atoms with Gasteiger partial charge in [-0.05, 0) is 31.5 Å². The Bertz CT molecular complexity index is 601. The highest BCUT2D eigenvalue weighted by Gasteiger charge is 2.35. The van der Waals surface area contributed by atoms with E-state index in [1.807, 2.05) is 30.1 Å². The van der Waals surface area contributed by atoms with E-state index < -0.39 is 6.04 Å². The number of urea groups is 1. The molecule has 1 aromatic carbocycles. The summed E-state index contributed by atoms with van der Waals surface area (Å²) in [6.45, 7) is 3.44. The Balaban J connectivity index is 1.75. The van der Waals surface area contributed by atoms with Crippen LogP contribution in [0.5, 0.6) is 0 Å². The first-order chi connectivity index (χ1) is 12.1. The molecule has 25 heavy (non-hydrogen) atoms. The van der Waals surface area contributed by atoms with Gasteiger partial charge in [0.15, 0.2) is 0 Å². The first-order valence-electron chi connectivity index (χ1n) is 9.12. The molecule has 1 N–H and O–H groups in total. The van der Waals surface area contributed by atoms with Crippen molar-refractivity contribution in [3.63, 3.8) is 0 Å². The molecule has 0 radical (unpaired) electrons. The Kier molecular flexibility index (Phi) is 5.58. The summed E-state index contributed by atoms with van der Waals surface area (Å²) in [6, 6.07) is 9.54. The summed E-state index contributed by atoms with van der Waals surface area (Å²) in [7, 11) is 3.57. The Hall–Kier alpha value is -2.08. The van der Waals surface area contributed by atoms with Crippen molar-refractivity contribution >= 4 is 11.9 Å². The lowest BCUT2D eigenvalue weighted by Crippen LogP contribution is -2.48. The third kappa shape index (κ3) is 4.12. The number of hydrogen-bond acceptors (Lipinski definition) is 3. The van der Waals surface area contributed by atoms with Crippen LogP contribution in [0.4, 0.5) is 4.79 Å². The fraction of sp³-hybridized carbons (Fsp3) is 0.579. The van der Waals surface area contributed by atoms with Crippen LogP contribution in [0.1, 0.15) is 30.9 Å². The third-order valence-corrected chi connectivity index (χ3v) is 5.28. The standard InChI is InChI=1S/C19H28N4O2/c1-21-13-16(20-19(21)25)18(24)22(2)17(15-9-5-3-6-10-15)14-23-11-7-4-8-12-23/h3,5-6,9-10,16-17H,4,7-8,11-14H2,1-2H3,(H,20,25)/t16?,17-/m0/s1. The summed E-state index contributed by atoms with van der Waals surface area (Å²) in [5.74, 6) is -0.0245. The predicted molar refractivity (Wildman–Crippen MR) is 97.2 cm³/mol. The van der Waals surface area contributed by atoms with E-state index in [1.165, 1.54) is 19.3 Å². The van der Waals surface area contributed by atoms with E-state index in [2.05, 4.69) is 22.3 Å². The Morgan fingerprint density at radius 3 is 2.52 bits per heavy atom. The van der Waals surface area contributed by atoms with Crippen molar-refractivity contribution in [1.29, 1.82) is 0 Å². The zero-order chi connectivity index (χ0) is 17.8. The lowest BCUT2D eigenvalue weighted by molar-refractivity contribution is -0.134. The molecule has 0 saturated carbocycles. The quantitative estimate of drug-likeness (QED) is 0.884. The molecule has 6 nitrogen and oxygen atoms in total. The predicted octanol–water partition coefficient (Wildman–Crippen LogP) is 1.70. The molecular formula is C19H28N4O2. The molecule has 0 aromatic heterocycles. The maximum absolute atomic E-state index is 13.0. The molecule has 1 aromatic rings. The number of amides is 3. The van der Waals surface area contributed by atoms with Gasteiger partial charge in [-0.25, -0.2) is 4.79 Å². The summed E-state index contributed by atoms with van der Waals surface area (Å²) in [5.41, 5.74) is 1.14. The monoisotopic (exact) mass is 344 g/mol. The highest BCUT2D eigenvalue weighted by molar-refractivity contribution is 5.90. The lowest BCUT2D eigenvalue weighted by atomic mass is 10.0. The number of carbonyl (C=O) groups is 2. The van der Waals surface area contributed by atoms with Crippen LogP contribution in [0.2, 0.25) is 0 Å². The molecule has 0 bridgehead atoms. The molecule has 2 fully saturated rings. The molecule has 3 amide bonds. The van der Waals surface area contributed by atoms with E-state index in [4.69, 9.17) is 0 Å². The summed E-state index contributed by atoms with van der Waals surface area (Å²) in [5, 5.41) is 2.78. The van der Waals surface area contributed by atoms with Gasteiger partial charge >= 0.3 is 6.03 Å². The number of carbonyl (C=O) groups excluding carboxylic acids is 2. The van der Waals surface area contributed by atoms with Gasteiger partial charge in [0.1, 0.15) is 6.04 Å². The highest BCUT2D eigenvalue weighted by Crippen LogP contribution is 2.24. The van der Waals surface area contributed by atoms with E-state index >= 15 is 0 Å². The summed E-state index contributed by atoms with van der Waals surface area (Å²) >= 11 is 0. The Morgan fingerprint density at radius 1 is 1.24 bits per heavy atom. The number of nitrogens with zero attached hydrogens (tertiary/aromatic N) is 3. The van der Waals surface area contributed by atoms with Gasteiger partial charge in [-0.1, -0.05) is 36.8 Å². The van der Waals surface area contributed by atoms with E-state index in [9.17, 15) is 9.59 Å².